The zero-order valence-corrected chi connectivity index (χ0v) is 15.8. The lowest BCUT2D eigenvalue weighted by Crippen LogP contribution is -2.43. The van der Waals surface area contributed by atoms with Crippen molar-refractivity contribution < 1.29 is 14.3 Å². The number of nitrogens with zero attached hydrogens (tertiary/aromatic N) is 1. The minimum atomic E-state index is -0.411. The summed E-state index contributed by atoms with van der Waals surface area (Å²) in [6, 6.07) is 3.42. The molecule has 0 bridgehead atoms. The standard InChI is InChI=1S/C17H20BrClN2O3/c1-3-16(22)21(17(23)11-4-6-20-7-5-11)10-12-8-13(18)14(19)9-15(12)24-2/h3,8-9,11,20H,1,4-7,10H2,2H3. The molecule has 1 aromatic rings. The topological polar surface area (TPSA) is 58.6 Å². The summed E-state index contributed by atoms with van der Waals surface area (Å²) >= 11 is 9.44. The molecule has 1 aliphatic rings. The van der Waals surface area contributed by atoms with E-state index in [9.17, 15) is 9.59 Å². The highest BCUT2D eigenvalue weighted by Gasteiger charge is 2.29. The van der Waals surface area contributed by atoms with Crippen LogP contribution in [0.3, 0.4) is 0 Å². The smallest absolute Gasteiger partial charge is 0.252 e. The molecule has 7 heteroatoms. The summed E-state index contributed by atoms with van der Waals surface area (Å²) in [6.45, 7) is 5.19. The van der Waals surface area contributed by atoms with Gasteiger partial charge in [0, 0.05) is 22.0 Å². The van der Waals surface area contributed by atoms with Gasteiger partial charge in [0.05, 0.1) is 18.7 Å². The van der Waals surface area contributed by atoms with Crippen LogP contribution in [0.25, 0.3) is 0 Å². The second-order valence-corrected chi connectivity index (χ2v) is 6.83. The molecule has 0 radical (unpaired) electrons. The summed E-state index contributed by atoms with van der Waals surface area (Å²) in [5.74, 6) is -0.207. The van der Waals surface area contributed by atoms with Crippen molar-refractivity contribution in [2.24, 2.45) is 5.92 Å². The molecule has 130 valence electrons. The zero-order valence-electron chi connectivity index (χ0n) is 13.5. The number of methoxy groups -OCH3 is 1. The molecule has 24 heavy (non-hydrogen) atoms. The van der Waals surface area contributed by atoms with Crippen LogP contribution >= 0.6 is 27.5 Å². The Kier molecular flexibility index (Phi) is 6.83. The Morgan fingerprint density at radius 1 is 1.46 bits per heavy atom. The monoisotopic (exact) mass is 414 g/mol. The van der Waals surface area contributed by atoms with Crippen LogP contribution in [-0.2, 0) is 16.1 Å². The lowest BCUT2D eigenvalue weighted by atomic mass is 9.96. The van der Waals surface area contributed by atoms with Gasteiger partial charge in [0.15, 0.2) is 0 Å². The number of benzene rings is 1. The minimum absolute atomic E-state index is 0.118. The molecular formula is C17H20BrClN2O3. The number of hydrogen-bond acceptors (Lipinski definition) is 4. The summed E-state index contributed by atoms with van der Waals surface area (Å²) < 4.78 is 6.01. The predicted octanol–water partition coefficient (Wildman–Crippen LogP) is 3.15. The van der Waals surface area contributed by atoms with E-state index in [4.69, 9.17) is 16.3 Å². The number of carbonyl (C=O) groups excluding carboxylic acids is 2. The molecule has 1 N–H and O–H groups in total. The van der Waals surface area contributed by atoms with Crippen LogP contribution in [0.4, 0.5) is 0 Å². The molecule has 1 saturated heterocycles. The van der Waals surface area contributed by atoms with Crippen molar-refractivity contribution in [3.63, 3.8) is 0 Å². The highest BCUT2D eigenvalue weighted by atomic mass is 79.9. The average Bonchev–Trinajstić information content (AvgIpc) is 2.61. The number of amides is 2. The fraction of sp³-hybridized carbons (Fsp3) is 0.412. The summed E-state index contributed by atoms with van der Waals surface area (Å²) in [5, 5.41) is 3.72. The molecule has 0 atom stereocenters. The Labute approximate surface area is 155 Å². The highest BCUT2D eigenvalue weighted by molar-refractivity contribution is 9.10. The molecule has 1 fully saturated rings. The summed E-state index contributed by atoms with van der Waals surface area (Å²) in [7, 11) is 1.53. The number of halogens is 2. The van der Waals surface area contributed by atoms with Crippen LogP contribution in [0.15, 0.2) is 29.3 Å². The van der Waals surface area contributed by atoms with Gasteiger partial charge in [-0.25, -0.2) is 0 Å². The first kappa shape index (κ1) is 19.0. The molecule has 0 unspecified atom stereocenters. The Morgan fingerprint density at radius 3 is 2.71 bits per heavy atom. The van der Waals surface area contributed by atoms with Crippen LogP contribution in [0.1, 0.15) is 18.4 Å². The lowest BCUT2D eigenvalue weighted by molar-refractivity contribution is -0.146. The van der Waals surface area contributed by atoms with Gasteiger partial charge in [-0.2, -0.15) is 0 Å². The van der Waals surface area contributed by atoms with Gasteiger partial charge in [-0.3, -0.25) is 14.5 Å². The van der Waals surface area contributed by atoms with Crippen molar-refractivity contribution in [3.8, 4) is 5.75 Å². The maximum atomic E-state index is 12.8. The van der Waals surface area contributed by atoms with Crippen molar-refractivity contribution >= 4 is 39.3 Å². The van der Waals surface area contributed by atoms with Crippen molar-refractivity contribution in [1.82, 2.24) is 10.2 Å². The summed E-state index contributed by atoms with van der Waals surface area (Å²) in [4.78, 5) is 26.3. The normalized spacial score (nSPS) is 15.0. The maximum absolute atomic E-state index is 12.8. The van der Waals surface area contributed by atoms with Gasteiger partial charge in [0.25, 0.3) is 5.91 Å². The SMILES string of the molecule is C=CC(=O)N(Cc1cc(Br)c(Cl)cc1OC)C(=O)C1CCNCC1. The summed E-state index contributed by atoms with van der Waals surface area (Å²) in [6.07, 6.45) is 2.61. The Morgan fingerprint density at radius 2 is 2.12 bits per heavy atom. The van der Waals surface area contributed by atoms with Crippen molar-refractivity contribution in [2.75, 3.05) is 20.2 Å². The van der Waals surface area contributed by atoms with Gasteiger partial charge in [-0.05, 0) is 54.0 Å². The van der Waals surface area contributed by atoms with Crippen molar-refractivity contribution in [2.45, 2.75) is 19.4 Å². The molecule has 0 saturated carbocycles. The van der Waals surface area contributed by atoms with E-state index in [-0.39, 0.29) is 18.4 Å². The number of imide groups is 1. The van der Waals surface area contributed by atoms with E-state index in [2.05, 4.69) is 27.8 Å². The van der Waals surface area contributed by atoms with Crippen LogP contribution in [0.5, 0.6) is 5.75 Å². The maximum Gasteiger partial charge on any atom is 0.252 e. The summed E-state index contributed by atoms with van der Waals surface area (Å²) in [5.41, 5.74) is 0.700. The second kappa shape index (κ2) is 8.65. The fourth-order valence-corrected chi connectivity index (χ4v) is 3.26. The first-order valence-electron chi connectivity index (χ1n) is 7.68. The number of piperidine rings is 1. The third-order valence-corrected chi connectivity index (χ3v) is 5.24. The van der Waals surface area contributed by atoms with E-state index >= 15 is 0 Å². The first-order chi connectivity index (χ1) is 11.5. The number of carbonyl (C=O) groups is 2. The quantitative estimate of drug-likeness (QED) is 0.751. The highest BCUT2D eigenvalue weighted by Crippen LogP contribution is 2.32. The van der Waals surface area contributed by atoms with Crippen LogP contribution in [0.2, 0.25) is 5.02 Å². The predicted molar refractivity (Wildman–Crippen MR) is 97.1 cm³/mol. The molecule has 1 heterocycles. The zero-order chi connectivity index (χ0) is 17.7. The molecule has 0 aromatic heterocycles. The van der Waals surface area contributed by atoms with E-state index in [1.165, 1.54) is 12.0 Å². The first-order valence-corrected chi connectivity index (χ1v) is 8.85. The average molecular weight is 416 g/mol. The molecule has 2 rings (SSSR count). The van der Waals surface area contributed by atoms with Crippen LogP contribution in [0, 0.1) is 5.92 Å². The van der Waals surface area contributed by atoms with Gasteiger partial charge in [-0.1, -0.05) is 18.2 Å². The van der Waals surface area contributed by atoms with E-state index in [0.717, 1.165) is 32.0 Å². The largest absolute Gasteiger partial charge is 0.496 e. The van der Waals surface area contributed by atoms with E-state index < -0.39 is 5.91 Å². The van der Waals surface area contributed by atoms with Gasteiger partial charge in [0.2, 0.25) is 5.91 Å². The van der Waals surface area contributed by atoms with Gasteiger partial charge >= 0.3 is 0 Å². The molecule has 5 nitrogen and oxygen atoms in total. The number of ether oxygens (including phenoxy) is 1. The molecule has 2 amide bonds. The number of nitrogens with one attached hydrogen (secondary N) is 1. The number of hydrogen-bond donors (Lipinski definition) is 1. The molecule has 0 aliphatic carbocycles. The minimum Gasteiger partial charge on any atom is -0.496 e. The van der Waals surface area contributed by atoms with Crippen molar-refractivity contribution in [3.05, 3.63) is 39.8 Å². The van der Waals surface area contributed by atoms with Gasteiger partial charge < -0.3 is 10.1 Å². The van der Waals surface area contributed by atoms with Gasteiger partial charge in [0.1, 0.15) is 5.75 Å². The van der Waals surface area contributed by atoms with Crippen LogP contribution < -0.4 is 10.1 Å². The lowest BCUT2D eigenvalue weighted by Gasteiger charge is -2.28. The third-order valence-electron chi connectivity index (χ3n) is 4.05. The fourth-order valence-electron chi connectivity index (χ4n) is 2.72. The van der Waals surface area contributed by atoms with E-state index in [0.29, 0.717) is 20.8 Å². The van der Waals surface area contributed by atoms with Crippen molar-refractivity contribution in [1.29, 1.82) is 0 Å². The third kappa shape index (κ3) is 4.37. The molecule has 0 spiro atoms. The number of rotatable bonds is 5. The second-order valence-electron chi connectivity index (χ2n) is 5.57. The molecule has 1 aromatic carbocycles. The van der Waals surface area contributed by atoms with Gasteiger partial charge in [-0.15, -0.1) is 0 Å². The van der Waals surface area contributed by atoms with E-state index in [1.54, 1.807) is 12.1 Å². The molecular weight excluding hydrogens is 396 g/mol. The Balaban J connectivity index is 2.29. The Hall–Kier alpha value is -1.37. The molecule has 1 aliphatic heterocycles. The Bertz CT molecular complexity index is 645. The van der Waals surface area contributed by atoms with E-state index in [1.807, 2.05) is 0 Å². The van der Waals surface area contributed by atoms with Crippen LogP contribution in [-0.4, -0.2) is 36.9 Å².